The van der Waals surface area contributed by atoms with Crippen LogP contribution in [0.1, 0.15) is 50.8 Å². The van der Waals surface area contributed by atoms with Crippen molar-refractivity contribution in [1.29, 1.82) is 0 Å². The number of unbranched alkanes of at least 4 members (excludes halogenated alkanes) is 1. The Morgan fingerprint density at radius 1 is 1.16 bits per heavy atom. The molecule has 0 bridgehead atoms. The van der Waals surface area contributed by atoms with Gasteiger partial charge < -0.3 is 19.5 Å². The van der Waals surface area contributed by atoms with E-state index in [-0.39, 0.29) is 13.2 Å². The van der Waals surface area contributed by atoms with Crippen molar-refractivity contribution < 1.29 is 19.0 Å². The zero-order valence-electron chi connectivity index (χ0n) is 21.7. The standard InChI is InChI=1S/C27H30Cl2N4O4S/c1-5-7-12-38-27-31-26-30-16(3)23(25(34)36-6-2)24(33(26)32-27)17-9-11-21(22(13-17)35-4)37-15-18-8-10-19(28)14-20(18)29/h8-11,13-14,24H,5-7,12,15H2,1-4H3,(H,30,31,32). The number of carbonyl (C=O) groups excluding carboxylic acids is 1. The number of hydrogen-bond acceptors (Lipinski definition) is 8. The Bertz CT molecular complexity index is 1340. The maximum Gasteiger partial charge on any atom is 0.338 e. The highest BCUT2D eigenvalue weighted by atomic mass is 35.5. The van der Waals surface area contributed by atoms with Gasteiger partial charge in [-0.15, -0.1) is 5.10 Å². The summed E-state index contributed by atoms with van der Waals surface area (Å²) in [7, 11) is 1.57. The molecule has 0 saturated heterocycles. The van der Waals surface area contributed by atoms with Crippen LogP contribution in [0.2, 0.25) is 10.0 Å². The van der Waals surface area contributed by atoms with Crippen LogP contribution in [0, 0.1) is 0 Å². The van der Waals surface area contributed by atoms with Gasteiger partial charge in [0.1, 0.15) is 12.6 Å². The SMILES string of the molecule is CCCCSc1nc2n(n1)C(c1ccc(OCc3ccc(Cl)cc3Cl)c(OC)c1)C(C(=O)OCC)=C(C)N2. The molecule has 0 spiro atoms. The first-order valence-electron chi connectivity index (χ1n) is 12.3. The first kappa shape index (κ1) is 28.1. The number of esters is 1. The number of aromatic nitrogens is 3. The molecule has 0 fully saturated rings. The fraction of sp³-hybridized carbons (Fsp3) is 0.370. The fourth-order valence-corrected chi connectivity index (χ4v) is 5.42. The van der Waals surface area contributed by atoms with E-state index in [1.54, 1.807) is 42.6 Å². The minimum Gasteiger partial charge on any atom is -0.493 e. The molecule has 11 heteroatoms. The Labute approximate surface area is 236 Å². The topological polar surface area (TPSA) is 87.5 Å². The van der Waals surface area contributed by atoms with Gasteiger partial charge in [0, 0.05) is 27.1 Å². The number of thioether (sulfide) groups is 1. The summed E-state index contributed by atoms with van der Waals surface area (Å²) < 4.78 is 18.8. The summed E-state index contributed by atoms with van der Waals surface area (Å²) >= 11 is 13.9. The number of fused-ring (bicyclic) bond motifs is 1. The van der Waals surface area contributed by atoms with Crippen molar-refractivity contribution in [2.24, 2.45) is 0 Å². The van der Waals surface area contributed by atoms with E-state index in [1.165, 1.54) is 0 Å². The highest BCUT2D eigenvalue weighted by Crippen LogP contribution is 2.40. The fourth-order valence-electron chi connectivity index (χ4n) is 4.05. The normalized spacial score (nSPS) is 14.6. The lowest BCUT2D eigenvalue weighted by Gasteiger charge is -2.28. The third-order valence-corrected chi connectivity index (χ3v) is 7.47. The van der Waals surface area contributed by atoms with Gasteiger partial charge in [-0.25, -0.2) is 9.48 Å². The predicted molar refractivity (Wildman–Crippen MR) is 151 cm³/mol. The average Bonchev–Trinajstić information content (AvgIpc) is 3.29. The van der Waals surface area contributed by atoms with Crippen molar-refractivity contribution in [3.8, 4) is 11.5 Å². The van der Waals surface area contributed by atoms with Crippen molar-refractivity contribution in [2.45, 2.75) is 51.4 Å². The highest BCUT2D eigenvalue weighted by Gasteiger charge is 2.35. The summed E-state index contributed by atoms with van der Waals surface area (Å²) in [5, 5.41) is 9.70. The number of rotatable bonds is 11. The van der Waals surface area contributed by atoms with E-state index < -0.39 is 12.0 Å². The minimum absolute atomic E-state index is 0.234. The molecule has 0 amide bonds. The molecule has 2 heterocycles. The third kappa shape index (κ3) is 6.22. The molecule has 8 nitrogen and oxygen atoms in total. The van der Waals surface area contributed by atoms with E-state index in [0.717, 1.165) is 29.7 Å². The third-order valence-electron chi connectivity index (χ3n) is 5.96. The molecule has 2 aromatic carbocycles. The Morgan fingerprint density at radius 3 is 2.68 bits per heavy atom. The number of nitrogens with one attached hydrogen (secondary N) is 1. The second-order valence-electron chi connectivity index (χ2n) is 8.59. The van der Waals surface area contributed by atoms with Gasteiger partial charge >= 0.3 is 5.97 Å². The number of halogens is 2. The van der Waals surface area contributed by atoms with Gasteiger partial charge in [-0.3, -0.25) is 0 Å². The van der Waals surface area contributed by atoms with Gasteiger partial charge in [-0.05, 0) is 50.1 Å². The predicted octanol–water partition coefficient (Wildman–Crippen LogP) is 6.92. The first-order chi connectivity index (χ1) is 18.4. The van der Waals surface area contributed by atoms with Crippen LogP contribution < -0.4 is 14.8 Å². The second-order valence-corrected chi connectivity index (χ2v) is 10.5. The van der Waals surface area contributed by atoms with Gasteiger partial charge in [0.2, 0.25) is 11.1 Å². The molecule has 1 aromatic heterocycles. The zero-order chi connectivity index (χ0) is 27.2. The van der Waals surface area contributed by atoms with Crippen LogP contribution in [0.4, 0.5) is 5.95 Å². The molecule has 1 N–H and O–H groups in total. The number of allylic oxidation sites excluding steroid dienone is 1. The monoisotopic (exact) mass is 576 g/mol. The summed E-state index contributed by atoms with van der Waals surface area (Å²) in [6.45, 7) is 6.26. The molecule has 0 saturated carbocycles. The van der Waals surface area contributed by atoms with Gasteiger partial charge in [0.05, 0.1) is 19.3 Å². The van der Waals surface area contributed by atoms with Crippen LogP contribution in [0.3, 0.4) is 0 Å². The van der Waals surface area contributed by atoms with Crippen molar-refractivity contribution in [3.05, 3.63) is 68.8 Å². The van der Waals surface area contributed by atoms with Crippen molar-refractivity contribution >= 4 is 46.9 Å². The lowest BCUT2D eigenvalue weighted by Crippen LogP contribution is -2.29. The molecule has 38 heavy (non-hydrogen) atoms. The van der Waals surface area contributed by atoms with Crippen LogP contribution in [-0.4, -0.2) is 40.2 Å². The second kappa shape index (κ2) is 12.8. The van der Waals surface area contributed by atoms with E-state index in [0.29, 0.717) is 43.9 Å². The zero-order valence-corrected chi connectivity index (χ0v) is 24.0. The maximum atomic E-state index is 13.1. The lowest BCUT2D eigenvalue weighted by atomic mass is 9.95. The van der Waals surface area contributed by atoms with Crippen molar-refractivity contribution in [2.75, 3.05) is 24.8 Å². The first-order valence-corrected chi connectivity index (χ1v) is 14.1. The van der Waals surface area contributed by atoms with Crippen LogP contribution in [0.25, 0.3) is 0 Å². The molecular formula is C27H30Cl2N4O4S. The molecule has 3 aromatic rings. The smallest absolute Gasteiger partial charge is 0.338 e. The Balaban J connectivity index is 1.69. The van der Waals surface area contributed by atoms with Crippen molar-refractivity contribution in [1.82, 2.24) is 14.8 Å². The van der Waals surface area contributed by atoms with Gasteiger partial charge in [0.25, 0.3) is 0 Å². The minimum atomic E-state index is -0.563. The van der Waals surface area contributed by atoms with E-state index in [4.69, 9.17) is 42.5 Å². The summed E-state index contributed by atoms with van der Waals surface area (Å²) in [4.78, 5) is 17.8. The molecule has 4 rings (SSSR count). The van der Waals surface area contributed by atoms with Gasteiger partial charge in [-0.2, -0.15) is 4.98 Å². The molecule has 202 valence electrons. The number of nitrogens with zero attached hydrogens (tertiary/aromatic N) is 3. The highest BCUT2D eigenvalue weighted by molar-refractivity contribution is 7.99. The van der Waals surface area contributed by atoms with Gasteiger partial charge in [0.15, 0.2) is 11.5 Å². The molecule has 1 aliphatic heterocycles. The molecule has 0 radical (unpaired) electrons. The average molecular weight is 578 g/mol. The van der Waals surface area contributed by atoms with Crippen LogP contribution in [0.15, 0.2) is 52.8 Å². The number of methoxy groups -OCH3 is 1. The number of hydrogen-bond donors (Lipinski definition) is 1. The Kier molecular flexibility index (Phi) is 9.46. The Morgan fingerprint density at radius 2 is 1.97 bits per heavy atom. The molecule has 1 atom stereocenters. The summed E-state index contributed by atoms with van der Waals surface area (Å²) in [6, 6.07) is 10.2. The summed E-state index contributed by atoms with van der Waals surface area (Å²) in [5.74, 6) is 2.10. The maximum absolute atomic E-state index is 13.1. The van der Waals surface area contributed by atoms with E-state index in [1.807, 2.05) is 31.2 Å². The number of anilines is 1. The largest absolute Gasteiger partial charge is 0.493 e. The molecule has 0 aliphatic carbocycles. The Hall–Kier alpha value is -2.88. The van der Waals surface area contributed by atoms with Crippen molar-refractivity contribution in [3.63, 3.8) is 0 Å². The summed E-state index contributed by atoms with van der Waals surface area (Å²) in [5.41, 5.74) is 2.69. The molecule has 1 aliphatic rings. The lowest BCUT2D eigenvalue weighted by molar-refractivity contribution is -0.139. The number of benzene rings is 2. The molecular weight excluding hydrogens is 547 g/mol. The summed E-state index contributed by atoms with van der Waals surface area (Å²) in [6.07, 6.45) is 2.16. The van der Waals surface area contributed by atoms with E-state index in [9.17, 15) is 4.79 Å². The van der Waals surface area contributed by atoms with Crippen LogP contribution in [0.5, 0.6) is 11.5 Å². The van der Waals surface area contributed by atoms with E-state index >= 15 is 0 Å². The molecule has 1 unspecified atom stereocenters. The number of carbonyl (C=O) groups is 1. The van der Waals surface area contributed by atoms with E-state index in [2.05, 4.69) is 17.2 Å². The quantitative estimate of drug-likeness (QED) is 0.149. The number of ether oxygens (including phenoxy) is 3. The van der Waals surface area contributed by atoms with Gasteiger partial charge in [-0.1, -0.05) is 60.4 Å². The van der Waals surface area contributed by atoms with Crippen LogP contribution >= 0.6 is 35.0 Å². The van der Waals surface area contributed by atoms with Crippen LogP contribution in [-0.2, 0) is 16.1 Å².